The fourth-order valence-electron chi connectivity index (χ4n) is 8.05. The quantitative estimate of drug-likeness (QED) is 0.313. The van der Waals surface area contributed by atoms with Crippen LogP contribution in [-0.2, 0) is 0 Å². The maximum atomic E-state index is 16.8. The molecule has 0 saturated carbocycles. The first-order chi connectivity index (χ1) is 21.3. The smallest absolute Gasteiger partial charge is 0.319 e. The lowest BCUT2D eigenvalue weighted by Crippen LogP contribution is -2.51. The van der Waals surface area contributed by atoms with E-state index in [1.54, 1.807) is 6.20 Å². The number of piperazine rings is 1. The number of halogens is 2. The number of aromatic nitrogens is 3. The number of phenols is 1. The van der Waals surface area contributed by atoms with Gasteiger partial charge in [0.1, 0.15) is 35.2 Å². The number of benzene rings is 2. The SMILES string of the molecule is C#Cc1c(F)ccc2cc(O)cc(-c3ncc4c(N5C[C@H]6CC[C@@H](C5)N6)nc(OC[C@@]56CCCN5[C@@H]([CH2])CC6)nc4c3F)c12. The molecule has 4 aliphatic heterocycles. The second-order valence-electron chi connectivity index (χ2n) is 12.7. The highest BCUT2D eigenvalue weighted by Gasteiger charge is 2.48. The number of aromatic hydroxyl groups is 1. The van der Waals surface area contributed by atoms with Crippen LogP contribution in [0, 0.1) is 30.9 Å². The van der Waals surface area contributed by atoms with Crippen molar-refractivity contribution in [1.29, 1.82) is 0 Å². The standard InChI is InChI=1S/C34H33F2N6O2/c1-3-24-27(35)8-5-20-13-23(43)14-25(28(20)24)30-29(36)31-26(15-37-30)32(41-16-21-6-7-22(17-41)38-21)40-33(39-31)44-18-34-10-4-12-42(34)19(2)9-11-34/h1,5,8,13-15,19,21-22,38,43H,2,4,6-7,9-12,16-18H2/t19-,21-,22+,34-/m0/s1. The molecule has 2 bridgehead atoms. The molecule has 8 rings (SSSR count). The molecule has 4 fully saturated rings. The zero-order chi connectivity index (χ0) is 30.2. The van der Waals surface area contributed by atoms with Crippen molar-refractivity contribution in [2.24, 2.45) is 0 Å². The topological polar surface area (TPSA) is 86.6 Å². The molecule has 4 saturated heterocycles. The molecule has 0 aliphatic carbocycles. The van der Waals surface area contributed by atoms with Crippen LogP contribution >= 0.6 is 0 Å². The number of nitrogens with zero attached hydrogens (tertiary/aromatic N) is 5. The van der Waals surface area contributed by atoms with E-state index in [4.69, 9.17) is 16.1 Å². The third-order valence-corrected chi connectivity index (χ3v) is 10.1. The molecule has 225 valence electrons. The minimum atomic E-state index is -0.715. The summed E-state index contributed by atoms with van der Waals surface area (Å²) in [6.45, 7) is 7.18. The van der Waals surface area contributed by atoms with E-state index in [0.717, 1.165) is 58.2 Å². The van der Waals surface area contributed by atoms with Crippen molar-refractivity contribution in [3.63, 3.8) is 0 Å². The summed E-state index contributed by atoms with van der Waals surface area (Å²) in [5.41, 5.74) is 0.00810. The Morgan fingerprint density at radius 1 is 1.14 bits per heavy atom. The molecule has 0 spiro atoms. The number of rotatable bonds is 5. The monoisotopic (exact) mass is 595 g/mol. The largest absolute Gasteiger partial charge is 0.508 e. The fourth-order valence-corrected chi connectivity index (χ4v) is 8.05. The van der Waals surface area contributed by atoms with Crippen LogP contribution in [0.3, 0.4) is 0 Å². The molecule has 4 atom stereocenters. The van der Waals surface area contributed by atoms with E-state index in [1.165, 1.54) is 24.3 Å². The maximum absolute atomic E-state index is 16.8. The van der Waals surface area contributed by atoms with Crippen LogP contribution in [0.25, 0.3) is 32.9 Å². The summed E-state index contributed by atoms with van der Waals surface area (Å²) in [7, 11) is 0. The van der Waals surface area contributed by atoms with Crippen LogP contribution in [0.1, 0.15) is 44.1 Å². The number of nitrogens with one attached hydrogen (secondary N) is 1. The van der Waals surface area contributed by atoms with E-state index >= 15 is 4.39 Å². The Hall–Kier alpha value is -4.07. The summed E-state index contributed by atoms with van der Waals surface area (Å²) in [5.74, 6) is 1.53. The molecule has 4 aliphatic rings. The van der Waals surface area contributed by atoms with Crippen molar-refractivity contribution in [2.45, 2.75) is 62.2 Å². The molecule has 44 heavy (non-hydrogen) atoms. The lowest BCUT2D eigenvalue weighted by molar-refractivity contribution is 0.0941. The Labute approximate surface area is 254 Å². The predicted molar refractivity (Wildman–Crippen MR) is 164 cm³/mol. The van der Waals surface area contributed by atoms with Crippen molar-refractivity contribution in [2.75, 3.05) is 31.1 Å². The molecule has 1 radical (unpaired) electrons. The first-order valence-corrected chi connectivity index (χ1v) is 15.4. The summed E-state index contributed by atoms with van der Waals surface area (Å²) in [6.07, 6.45) is 13.5. The zero-order valence-electron chi connectivity index (χ0n) is 24.3. The van der Waals surface area contributed by atoms with Crippen LogP contribution < -0.4 is 15.0 Å². The molecular weight excluding hydrogens is 562 g/mol. The summed E-state index contributed by atoms with van der Waals surface area (Å²) < 4.78 is 37.9. The zero-order valence-corrected chi connectivity index (χ0v) is 24.3. The van der Waals surface area contributed by atoms with Gasteiger partial charge in [0, 0.05) is 48.4 Å². The molecular formula is C34H33F2N6O2. The Kier molecular flexibility index (Phi) is 6.40. The van der Waals surface area contributed by atoms with Gasteiger partial charge in [-0.25, -0.2) is 8.78 Å². The van der Waals surface area contributed by atoms with Crippen LogP contribution in [-0.4, -0.2) is 74.9 Å². The van der Waals surface area contributed by atoms with Crippen molar-refractivity contribution < 1.29 is 18.6 Å². The predicted octanol–water partition coefficient (Wildman–Crippen LogP) is 4.96. The van der Waals surface area contributed by atoms with Gasteiger partial charge >= 0.3 is 6.01 Å². The van der Waals surface area contributed by atoms with Crippen molar-refractivity contribution in [3.05, 3.63) is 54.6 Å². The van der Waals surface area contributed by atoms with E-state index in [0.29, 0.717) is 40.7 Å². The second kappa shape index (κ2) is 10.2. The van der Waals surface area contributed by atoms with Crippen LogP contribution in [0.4, 0.5) is 14.6 Å². The number of fused-ring (bicyclic) bond motifs is 5. The number of hydrogen-bond donors (Lipinski definition) is 2. The third kappa shape index (κ3) is 4.28. The average Bonchev–Trinajstić information content (AvgIpc) is 3.69. The van der Waals surface area contributed by atoms with E-state index in [-0.39, 0.29) is 45.7 Å². The number of phenolic OH excluding ortho intramolecular Hbond substituents is 1. The highest BCUT2D eigenvalue weighted by Crippen LogP contribution is 2.43. The molecule has 10 heteroatoms. The minimum Gasteiger partial charge on any atom is -0.508 e. The lowest BCUT2D eigenvalue weighted by atomic mass is 9.95. The van der Waals surface area contributed by atoms with Gasteiger partial charge in [-0.3, -0.25) is 9.88 Å². The molecule has 2 aromatic heterocycles. The molecule has 2 N–H and O–H groups in total. The normalized spacial score (nSPS) is 26.4. The molecule has 6 heterocycles. The minimum absolute atomic E-state index is 0.0249. The maximum Gasteiger partial charge on any atom is 0.319 e. The van der Waals surface area contributed by atoms with Crippen molar-refractivity contribution in [3.8, 4) is 35.4 Å². The number of anilines is 1. The summed E-state index contributed by atoms with van der Waals surface area (Å²) in [5, 5.41) is 15.4. The molecule has 8 nitrogen and oxygen atoms in total. The Bertz CT molecular complexity index is 1850. The van der Waals surface area contributed by atoms with E-state index < -0.39 is 11.6 Å². The van der Waals surface area contributed by atoms with Crippen LogP contribution in [0.2, 0.25) is 0 Å². The van der Waals surface area contributed by atoms with Gasteiger partial charge in [0.25, 0.3) is 0 Å². The van der Waals surface area contributed by atoms with Gasteiger partial charge < -0.3 is 20.1 Å². The van der Waals surface area contributed by atoms with Crippen molar-refractivity contribution >= 4 is 27.5 Å². The third-order valence-electron chi connectivity index (χ3n) is 10.1. The van der Waals surface area contributed by atoms with Crippen LogP contribution in [0.15, 0.2) is 30.5 Å². The molecule has 4 aromatic rings. The highest BCUT2D eigenvalue weighted by molar-refractivity contribution is 6.03. The fraction of sp³-hybridized carbons (Fsp3) is 0.412. The van der Waals surface area contributed by atoms with E-state index in [1.807, 2.05) is 0 Å². The second-order valence-corrected chi connectivity index (χ2v) is 12.7. The number of pyridine rings is 1. The number of terminal acetylenes is 1. The molecule has 2 aromatic carbocycles. The van der Waals surface area contributed by atoms with Gasteiger partial charge in [-0.15, -0.1) is 6.42 Å². The average molecular weight is 596 g/mol. The first kappa shape index (κ1) is 27.5. The van der Waals surface area contributed by atoms with Gasteiger partial charge in [-0.2, -0.15) is 9.97 Å². The Morgan fingerprint density at radius 2 is 1.95 bits per heavy atom. The van der Waals surface area contributed by atoms with Crippen molar-refractivity contribution in [1.82, 2.24) is 25.2 Å². The molecule has 0 amide bonds. The van der Waals surface area contributed by atoms with Gasteiger partial charge in [0.15, 0.2) is 5.82 Å². The highest BCUT2D eigenvalue weighted by atomic mass is 19.1. The van der Waals surface area contributed by atoms with Crippen LogP contribution in [0.5, 0.6) is 11.8 Å². The molecule has 0 unspecified atom stereocenters. The number of hydrogen-bond acceptors (Lipinski definition) is 8. The van der Waals surface area contributed by atoms with E-state index in [2.05, 4.69) is 37.9 Å². The first-order valence-electron chi connectivity index (χ1n) is 15.4. The van der Waals surface area contributed by atoms with Gasteiger partial charge in [-0.05, 0) is 75.6 Å². The summed E-state index contributed by atoms with van der Waals surface area (Å²) in [4.78, 5) is 18.6. The lowest BCUT2D eigenvalue weighted by Gasteiger charge is -2.35. The van der Waals surface area contributed by atoms with Gasteiger partial charge in [-0.1, -0.05) is 12.0 Å². The van der Waals surface area contributed by atoms with E-state index in [9.17, 15) is 9.50 Å². The number of ether oxygens (including phenoxy) is 1. The summed E-state index contributed by atoms with van der Waals surface area (Å²) >= 11 is 0. The van der Waals surface area contributed by atoms with Gasteiger partial charge in [0.05, 0.1) is 16.5 Å². The Morgan fingerprint density at radius 3 is 2.75 bits per heavy atom. The summed E-state index contributed by atoms with van der Waals surface area (Å²) in [6, 6.07) is 6.59. The van der Waals surface area contributed by atoms with Gasteiger partial charge in [0.2, 0.25) is 0 Å². The Balaban J connectivity index is 1.28.